The standard InChI is InChI=1S/C46H30N4/c1-3-10-36(11-4-1)44-48-45(37-12-5-2-6-13-37)50-46(49-44)38-26-19-31(20-27-38)39-28-25-32-14-7-17-40(42(32)30-39)33-21-23-34(24-22-33)41-18-8-15-35-16-9-29-47-43(35)41/h1-30H. The Morgan fingerprint density at radius 1 is 0.300 bits per heavy atom. The van der Waals surface area contributed by atoms with Crippen molar-refractivity contribution in [1.29, 1.82) is 0 Å². The molecule has 0 unspecified atom stereocenters. The monoisotopic (exact) mass is 638 g/mol. The molecule has 0 fully saturated rings. The van der Waals surface area contributed by atoms with E-state index in [0.29, 0.717) is 17.5 Å². The molecular weight excluding hydrogens is 609 g/mol. The normalized spacial score (nSPS) is 11.2. The summed E-state index contributed by atoms with van der Waals surface area (Å²) >= 11 is 0. The molecule has 2 heterocycles. The molecule has 2 aromatic heterocycles. The van der Waals surface area contributed by atoms with Crippen molar-refractivity contribution in [2.75, 3.05) is 0 Å². The van der Waals surface area contributed by atoms with Crippen LogP contribution < -0.4 is 0 Å². The number of para-hydroxylation sites is 1. The van der Waals surface area contributed by atoms with E-state index in [1.54, 1.807) is 0 Å². The van der Waals surface area contributed by atoms with Gasteiger partial charge in [-0.15, -0.1) is 0 Å². The molecule has 0 saturated heterocycles. The smallest absolute Gasteiger partial charge is 0.164 e. The van der Waals surface area contributed by atoms with Crippen molar-refractivity contribution in [2.24, 2.45) is 0 Å². The number of hydrogen-bond acceptors (Lipinski definition) is 4. The maximum atomic E-state index is 4.90. The van der Waals surface area contributed by atoms with Crippen LogP contribution in [0, 0.1) is 0 Å². The van der Waals surface area contributed by atoms with Crippen LogP contribution in [0.4, 0.5) is 0 Å². The number of aromatic nitrogens is 4. The van der Waals surface area contributed by atoms with E-state index in [1.165, 1.54) is 21.9 Å². The van der Waals surface area contributed by atoms with E-state index < -0.39 is 0 Å². The van der Waals surface area contributed by atoms with Gasteiger partial charge in [0.2, 0.25) is 0 Å². The van der Waals surface area contributed by atoms with E-state index in [0.717, 1.165) is 49.8 Å². The number of fused-ring (bicyclic) bond motifs is 2. The molecule has 234 valence electrons. The molecule has 0 N–H and O–H groups in total. The van der Waals surface area contributed by atoms with Crippen molar-refractivity contribution in [3.8, 4) is 67.5 Å². The van der Waals surface area contributed by atoms with E-state index in [1.807, 2.05) is 72.9 Å². The summed E-state index contributed by atoms with van der Waals surface area (Å²) in [5.74, 6) is 1.96. The van der Waals surface area contributed by atoms with Crippen LogP contribution in [0.15, 0.2) is 182 Å². The van der Waals surface area contributed by atoms with Gasteiger partial charge in [0.15, 0.2) is 17.5 Å². The van der Waals surface area contributed by atoms with Crippen LogP contribution in [-0.4, -0.2) is 19.9 Å². The van der Waals surface area contributed by atoms with Crippen LogP contribution >= 0.6 is 0 Å². The summed E-state index contributed by atoms with van der Waals surface area (Å²) in [5.41, 5.74) is 10.8. The summed E-state index contributed by atoms with van der Waals surface area (Å²) in [6.45, 7) is 0. The topological polar surface area (TPSA) is 51.6 Å². The largest absolute Gasteiger partial charge is 0.256 e. The molecule has 0 aliphatic rings. The summed E-state index contributed by atoms with van der Waals surface area (Å²) in [5, 5.41) is 3.56. The lowest BCUT2D eigenvalue weighted by Crippen LogP contribution is -2.00. The molecule has 0 aliphatic heterocycles. The maximum absolute atomic E-state index is 4.90. The van der Waals surface area contributed by atoms with Gasteiger partial charge in [0.05, 0.1) is 5.52 Å². The van der Waals surface area contributed by atoms with Crippen LogP contribution in [-0.2, 0) is 0 Å². The van der Waals surface area contributed by atoms with Gasteiger partial charge in [-0.1, -0.05) is 164 Å². The van der Waals surface area contributed by atoms with Gasteiger partial charge in [0.1, 0.15) is 0 Å². The summed E-state index contributed by atoms with van der Waals surface area (Å²) in [4.78, 5) is 19.3. The number of benzene rings is 7. The second kappa shape index (κ2) is 12.7. The van der Waals surface area contributed by atoms with Gasteiger partial charge >= 0.3 is 0 Å². The fourth-order valence-electron chi connectivity index (χ4n) is 6.62. The lowest BCUT2D eigenvalue weighted by molar-refractivity contribution is 1.07. The minimum absolute atomic E-state index is 0.646. The zero-order valence-electron chi connectivity index (χ0n) is 27.1. The molecule has 7 aromatic carbocycles. The van der Waals surface area contributed by atoms with Gasteiger partial charge < -0.3 is 0 Å². The van der Waals surface area contributed by atoms with Crippen molar-refractivity contribution >= 4 is 21.7 Å². The van der Waals surface area contributed by atoms with Gasteiger partial charge in [-0.2, -0.15) is 0 Å². The van der Waals surface area contributed by atoms with Crippen molar-refractivity contribution in [1.82, 2.24) is 19.9 Å². The Balaban J connectivity index is 1.06. The minimum Gasteiger partial charge on any atom is -0.256 e. The number of nitrogens with zero attached hydrogens (tertiary/aromatic N) is 4. The molecule has 50 heavy (non-hydrogen) atoms. The summed E-state index contributed by atoms with van der Waals surface area (Å²) in [7, 11) is 0. The van der Waals surface area contributed by atoms with Gasteiger partial charge in [-0.3, -0.25) is 4.98 Å². The first kappa shape index (κ1) is 29.4. The van der Waals surface area contributed by atoms with E-state index >= 15 is 0 Å². The third-order valence-electron chi connectivity index (χ3n) is 9.20. The molecule has 0 bridgehead atoms. The molecular formula is C46H30N4. The number of hydrogen-bond donors (Lipinski definition) is 0. The van der Waals surface area contributed by atoms with Gasteiger partial charge in [-0.05, 0) is 50.7 Å². The van der Waals surface area contributed by atoms with E-state index in [-0.39, 0.29) is 0 Å². The third-order valence-corrected chi connectivity index (χ3v) is 9.20. The number of rotatable bonds is 6. The average Bonchev–Trinajstić information content (AvgIpc) is 3.21. The van der Waals surface area contributed by atoms with Crippen molar-refractivity contribution in [3.63, 3.8) is 0 Å². The fraction of sp³-hybridized carbons (Fsp3) is 0. The summed E-state index contributed by atoms with van der Waals surface area (Å²) < 4.78 is 0. The zero-order valence-corrected chi connectivity index (χ0v) is 27.1. The van der Waals surface area contributed by atoms with Gasteiger partial charge in [0.25, 0.3) is 0 Å². The Hall–Kier alpha value is -6.78. The summed E-state index contributed by atoms with van der Waals surface area (Å²) in [6, 6.07) is 61.2. The van der Waals surface area contributed by atoms with Crippen LogP contribution in [0.3, 0.4) is 0 Å². The molecule has 0 atom stereocenters. The Kier molecular flexibility index (Phi) is 7.45. The molecule has 0 amide bonds. The molecule has 4 nitrogen and oxygen atoms in total. The first-order valence-electron chi connectivity index (χ1n) is 16.7. The van der Waals surface area contributed by atoms with Crippen molar-refractivity contribution < 1.29 is 0 Å². The predicted octanol–water partition coefficient (Wildman–Crippen LogP) is 11.6. The first-order valence-corrected chi connectivity index (χ1v) is 16.7. The first-order chi connectivity index (χ1) is 24.8. The van der Waals surface area contributed by atoms with Crippen LogP contribution in [0.1, 0.15) is 0 Å². The molecule has 0 spiro atoms. The Bertz CT molecular complexity index is 2550. The molecule has 0 aliphatic carbocycles. The molecule has 9 rings (SSSR count). The minimum atomic E-state index is 0.646. The highest BCUT2D eigenvalue weighted by Crippen LogP contribution is 2.35. The van der Waals surface area contributed by atoms with E-state index in [9.17, 15) is 0 Å². The Morgan fingerprint density at radius 2 is 0.780 bits per heavy atom. The highest BCUT2D eigenvalue weighted by atomic mass is 15.0. The second-order valence-electron chi connectivity index (χ2n) is 12.3. The Morgan fingerprint density at radius 3 is 1.42 bits per heavy atom. The number of pyridine rings is 1. The SMILES string of the molecule is c1ccc(-c2nc(-c3ccccc3)nc(-c3ccc(-c4ccc5cccc(-c6ccc(-c7cccc8cccnc78)cc6)c5c4)cc3)n2)cc1. The van der Waals surface area contributed by atoms with Gasteiger partial charge in [0, 0.05) is 33.8 Å². The maximum Gasteiger partial charge on any atom is 0.164 e. The fourth-order valence-corrected chi connectivity index (χ4v) is 6.62. The lowest BCUT2D eigenvalue weighted by Gasteiger charge is -2.12. The zero-order chi connectivity index (χ0) is 33.3. The lowest BCUT2D eigenvalue weighted by atomic mass is 9.93. The van der Waals surface area contributed by atoms with Crippen LogP contribution in [0.2, 0.25) is 0 Å². The quantitative estimate of drug-likeness (QED) is 0.182. The van der Waals surface area contributed by atoms with E-state index in [2.05, 4.69) is 114 Å². The highest BCUT2D eigenvalue weighted by molar-refractivity contribution is 6.00. The van der Waals surface area contributed by atoms with E-state index in [4.69, 9.17) is 15.0 Å². The van der Waals surface area contributed by atoms with Gasteiger partial charge in [-0.25, -0.2) is 15.0 Å². The highest BCUT2D eigenvalue weighted by Gasteiger charge is 2.13. The molecule has 4 heteroatoms. The molecule has 0 radical (unpaired) electrons. The third kappa shape index (κ3) is 5.59. The summed E-state index contributed by atoms with van der Waals surface area (Å²) in [6.07, 6.45) is 1.86. The Labute approximate surface area is 290 Å². The second-order valence-corrected chi connectivity index (χ2v) is 12.3. The average molecular weight is 639 g/mol. The van der Waals surface area contributed by atoms with Crippen LogP contribution in [0.25, 0.3) is 89.2 Å². The molecule has 9 aromatic rings. The van der Waals surface area contributed by atoms with Crippen LogP contribution in [0.5, 0.6) is 0 Å². The predicted molar refractivity (Wildman–Crippen MR) is 205 cm³/mol. The van der Waals surface area contributed by atoms with Crippen molar-refractivity contribution in [3.05, 3.63) is 182 Å². The van der Waals surface area contributed by atoms with Crippen molar-refractivity contribution in [2.45, 2.75) is 0 Å². The molecule has 0 saturated carbocycles.